The lowest BCUT2D eigenvalue weighted by Gasteiger charge is -2.14. The van der Waals surface area contributed by atoms with Crippen LogP contribution in [0.15, 0.2) is 48.7 Å². The van der Waals surface area contributed by atoms with Crippen LogP contribution in [0.2, 0.25) is 5.02 Å². The Labute approximate surface area is 188 Å². The Morgan fingerprint density at radius 2 is 1.94 bits per heavy atom. The van der Waals surface area contributed by atoms with Gasteiger partial charge in [-0.2, -0.15) is 4.98 Å². The molecule has 32 heavy (non-hydrogen) atoms. The van der Waals surface area contributed by atoms with Gasteiger partial charge >= 0.3 is 0 Å². The number of fused-ring (bicyclic) bond motifs is 1. The Morgan fingerprint density at radius 1 is 1.09 bits per heavy atom. The van der Waals surface area contributed by atoms with Crippen LogP contribution in [0.4, 0.5) is 14.7 Å². The van der Waals surface area contributed by atoms with Crippen LogP contribution in [0.3, 0.4) is 0 Å². The molecule has 0 radical (unpaired) electrons. The van der Waals surface area contributed by atoms with E-state index in [1.165, 1.54) is 12.1 Å². The number of hydrogen-bond donors (Lipinski definition) is 2. The molecule has 0 amide bonds. The second-order valence-electron chi connectivity index (χ2n) is 7.85. The van der Waals surface area contributed by atoms with Crippen molar-refractivity contribution in [2.75, 3.05) is 18.4 Å². The molecular formula is C23H21ClF2N6. The van der Waals surface area contributed by atoms with Gasteiger partial charge in [-0.1, -0.05) is 35.9 Å². The zero-order valence-electron chi connectivity index (χ0n) is 17.2. The van der Waals surface area contributed by atoms with Gasteiger partial charge in [0.15, 0.2) is 5.65 Å². The van der Waals surface area contributed by atoms with E-state index in [4.69, 9.17) is 11.6 Å². The van der Waals surface area contributed by atoms with Gasteiger partial charge in [0, 0.05) is 18.7 Å². The number of benzene rings is 2. The van der Waals surface area contributed by atoms with E-state index in [0.29, 0.717) is 41.0 Å². The van der Waals surface area contributed by atoms with Gasteiger partial charge in [-0.15, -0.1) is 0 Å². The molecule has 1 aliphatic heterocycles. The van der Waals surface area contributed by atoms with Crippen molar-refractivity contribution in [1.29, 1.82) is 0 Å². The lowest BCUT2D eigenvalue weighted by Crippen LogP contribution is -2.16. The van der Waals surface area contributed by atoms with Crippen molar-refractivity contribution in [3.05, 3.63) is 70.9 Å². The van der Waals surface area contributed by atoms with Gasteiger partial charge < -0.3 is 15.2 Å². The van der Waals surface area contributed by atoms with E-state index in [0.717, 1.165) is 19.5 Å². The fraction of sp³-hybridized carbons (Fsp3) is 0.261. The number of imidazole rings is 1. The van der Waals surface area contributed by atoms with Gasteiger partial charge in [-0.05, 0) is 43.6 Å². The molecular weight excluding hydrogens is 434 g/mol. The standard InChI is InChI=1S/C23H21ClF2N6/c24-16-5-3-7-18(26)20(16)22-30-19-12-29-23(28-11-15-4-1-2-6-17(15)25)31-21(19)32(22)13-14-8-9-27-10-14/h1-7,12,14,27H,8-11,13H2,(H,28,29,31)/t14-/m0/s1. The summed E-state index contributed by atoms with van der Waals surface area (Å²) in [7, 11) is 0. The number of anilines is 1. The van der Waals surface area contributed by atoms with Gasteiger partial charge in [0.1, 0.15) is 23.0 Å². The average molecular weight is 455 g/mol. The number of nitrogens with one attached hydrogen (secondary N) is 2. The highest BCUT2D eigenvalue weighted by Crippen LogP contribution is 2.33. The first-order valence-corrected chi connectivity index (χ1v) is 10.8. The lowest BCUT2D eigenvalue weighted by molar-refractivity contribution is 0.489. The molecule has 0 spiro atoms. The zero-order chi connectivity index (χ0) is 22.1. The highest BCUT2D eigenvalue weighted by molar-refractivity contribution is 6.33. The Bertz CT molecular complexity index is 1250. The fourth-order valence-corrected chi connectivity index (χ4v) is 4.27. The van der Waals surface area contributed by atoms with E-state index in [9.17, 15) is 8.78 Å². The van der Waals surface area contributed by atoms with Crippen LogP contribution in [0.5, 0.6) is 0 Å². The molecule has 2 aromatic heterocycles. The normalized spacial score (nSPS) is 16.0. The first-order valence-electron chi connectivity index (χ1n) is 10.5. The molecule has 9 heteroatoms. The van der Waals surface area contributed by atoms with Crippen LogP contribution in [0, 0.1) is 17.6 Å². The van der Waals surface area contributed by atoms with Crippen LogP contribution >= 0.6 is 11.6 Å². The summed E-state index contributed by atoms with van der Waals surface area (Å²) < 4.78 is 30.6. The summed E-state index contributed by atoms with van der Waals surface area (Å²) in [6, 6.07) is 11.1. The van der Waals surface area contributed by atoms with Crippen molar-refractivity contribution in [1.82, 2.24) is 24.8 Å². The van der Waals surface area contributed by atoms with E-state index >= 15 is 0 Å². The summed E-state index contributed by atoms with van der Waals surface area (Å²) in [5.74, 6) is 0.399. The van der Waals surface area contributed by atoms with Crippen LogP contribution in [-0.2, 0) is 13.1 Å². The largest absolute Gasteiger partial charge is 0.350 e. The molecule has 0 saturated carbocycles. The fourth-order valence-electron chi connectivity index (χ4n) is 4.02. The average Bonchev–Trinajstić information content (AvgIpc) is 3.42. The zero-order valence-corrected chi connectivity index (χ0v) is 17.9. The summed E-state index contributed by atoms with van der Waals surface area (Å²) in [6.07, 6.45) is 2.60. The van der Waals surface area contributed by atoms with Crippen LogP contribution in [0.25, 0.3) is 22.6 Å². The second kappa shape index (κ2) is 8.80. The molecule has 2 N–H and O–H groups in total. The molecule has 0 aliphatic carbocycles. The third-order valence-corrected chi connectivity index (χ3v) is 5.99. The highest BCUT2D eigenvalue weighted by atomic mass is 35.5. The van der Waals surface area contributed by atoms with Crippen LogP contribution < -0.4 is 10.6 Å². The summed E-state index contributed by atoms with van der Waals surface area (Å²) in [5, 5.41) is 6.72. The van der Waals surface area contributed by atoms with Gasteiger partial charge in [0.2, 0.25) is 5.95 Å². The highest BCUT2D eigenvalue weighted by Gasteiger charge is 2.24. The maximum absolute atomic E-state index is 14.7. The van der Waals surface area contributed by atoms with Crippen molar-refractivity contribution < 1.29 is 8.78 Å². The van der Waals surface area contributed by atoms with E-state index in [2.05, 4.69) is 25.6 Å². The number of nitrogens with zero attached hydrogens (tertiary/aromatic N) is 4. The first-order chi connectivity index (χ1) is 15.6. The molecule has 0 bridgehead atoms. The SMILES string of the molecule is Fc1ccccc1CNc1ncc2nc(-c3c(F)cccc3Cl)n(C[C@H]3CCNC3)c2n1. The van der Waals surface area contributed by atoms with Gasteiger partial charge in [-0.25, -0.2) is 18.7 Å². The number of halogens is 3. The molecule has 164 valence electrons. The molecule has 3 heterocycles. The Kier molecular flexibility index (Phi) is 5.71. The lowest BCUT2D eigenvalue weighted by atomic mass is 10.1. The Hall–Kier alpha value is -3.10. The van der Waals surface area contributed by atoms with E-state index < -0.39 is 5.82 Å². The minimum atomic E-state index is -0.440. The summed E-state index contributed by atoms with van der Waals surface area (Å²) in [6.45, 7) is 2.67. The van der Waals surface area contributed by atoms with Gasteiger partial charge in [-0.3, -0.25) is 0 Å². The quantitative estimate of drug-likeness (QED) is 0.444. The third kappa shape index (κ3) is 4.03. The van der Waals surface area contributed by atoms with Crippen molar-refractivity contribution in [2.45, 2.75) is 19.5 Å². The van der Waals surface area contributed by atoms with Gasteiger partial charge in [0.25, 0.3) is 0 Å². The minimum Gasteiger partial charge on any atom is -0.350 e. The number of rotatable bonds is 6. The molecule has 1 saturated heterocycles. The van der Waals surface area contributed by atoms with Crippen molar-refractivity contribution in [2.24, 2.45) is 5.92 Å². The monoisotopic (exact) mass is 454 g/mol. The topological polar surface area (TPSA) is 67.7 Å². The maximum atomic E-state index is 14.7. The maximum Gasteiger partial charge on any atom is 0.225 e. The molecule has 5 rings (SSSR count). The summed E-state index contributed by atoms with van der Waals surface area (Å²) in [4.78, 5) is 13.6. The number of hydrogen-bond acceptors (Lipinski definition) is 5. The summed E-state index contributed by atoms with van der Waals surface area (Å²) >= 11 is 6.35. The minimum absolute atomic E-state index is 0.241. The van der Waals surface area contributed by atoms with Crippen molar-refractivity contribution >= 4 is 28.7 Å². The second-order valence-corrected chi connectivity index (χ2v) is 8.26. The van der Waals surface area contributed by atoms with Gasteiger partial charge in [0.05, 0.1) is 16.8 Å². The Morgan fingerprint density at radius 3 is 2.72 bits per heavy atom. The molecule has 6 nitrogen and oxygen atoms in total. The first kappa shape index (κ1) is 20.8. The predicted octanol–water partition coefficient (Wildman–Crippen LogP) is 4.65. The number of aromatic nitrogens is 4. The molecule has 2 aromatic carbocycles. The van der Waals surface area contributed by atoms with Crippen LogP contribution in [0.1, 0.15) is 12.0 Å². The smallest absolute Gasteiger partial charge is 0.225 e. The van der Waals surface area contributed by atoms with E-state index in [1.807, 2.05) is 4.57 Å². The molecule has 0 unspecified atom stereocenters. The third-order valence-electron chi connectivity index (χ3n) is 5.67. The van der Waals surface area contributed by atoms with Crippen molar-refractivity contribution in [3.63, 3.8) is 0 Å². The predicted molar refractivity (Wildman–Crippen MR) is 120 cm³/mol. The summed E-state index contributed by atoms with van der Waals surface area (Å²) in [5.41, 5.74) is 1.89. The van der Waals surface area contributed by atoms with E-state index in [1.54, 1.807) is 36.5 Å². The Balaban J connectivity index is 1.55. The molecule has 1 aliphatic rings. The molecule has 4 aromatic rings. The van der Waals surface area contributed by atoms with Crippen molar-refractivity contribution in [3.8, 4) is 11.4 Å². The molecule has 1 atom stereocenters. The van der Waals surface area contributed by atoms with Crippen LogP contribution in [-0.4, -0.2) is 32.6 Å². The molecule has 1 fully saturated rings. The van der Waals surface area contributed by atoms with E-state index in [-0.39, 0.29) is 22.9 Å².